The van der Waals surface area contributed by atoms with Gasteiger partial charge in [0.05, 0.1) is 16.8 Å². The molecule has 1 aliphatic rings. The number of carbonyl (C=O) groups excluding carboxylic acids is 2. The van der Waals surface area contributed by atoms with E-state index in [0.29, 0.717) is 29.2 Å². The minimum absolute atomic E-state index is 0.134. The monoisotopic (exact) mass is 531 g/mol. The van der Waals surface area contributed by atoms with Gasteiger partial charge < -0.3 is 19.7 Å². The van der Waals surface area contributed by atoms with Gasteiger partial charge in [0, 0.05) is 13.1 Å². The van der Waals surface area contributed by atoms with Crippen molar-refractivity contribution in [1.82, 2.24) is 10.6 Å². The van der Waals surface area contributed by atoms with Crippen LogP contribution in [0.2, 0.25) is 0 Å². The maximum absolute atomic E-state index is 13.1. The number of amides is 2. The van der Waals surface area contributed by atoms with Crippen molar-refractivity contribution in [2.24, 2.45) is 0 Å². The summed E-state index contributed by atoms with van der Waals surface area (Å²) < 4.78 is 11.5. The Morgan fingerprint density at radius 1 is 0.816 bits per heavy atom. The number of rotatable bonds is 9. The third kappa shape index (κ3) is 7.32. The summed E-state index contributed by atoms with van der Waals surface area (Å²) in [5, 5.41) is 6.11. The molecule has 0 saturated heterocycles. The summed E-state index contributed by atoms with van der Waals surface area (Å²) in [5.74, 6) is 0.651. The second-order valence-corrected chi connectivity index (χ2v) is 9.54. The normalized spacial score (nSPS) is 13.3. The summed E-state index contributed by atoms with van der Waals surface area (Å²) in [6, 6.07) is 23.9. The van der Waals surface area contributed by atoms with Crippen LogP contribution in [0.3, 0.4) is 0 Å². The predicted octanol–water partition coefficient (Wildman–Crippen LogP) is 5.36. The molecule has 2 N–H and O–H groups in total. The lowest BCUT2D eigenvalue weighted by molar-refractivity contribution is 0.0927. The van der Waals surface area contributed by atoms with Gasteiger partial charge in [0.2, 0.25) is 0 Å². The number of anilines is 1. The number of hydrogen-bond acceptors (Lipinski definition) is 5. The van der Waals surface area contributed by atoms with Gasteiger partial charge in [0.15, 0.2) is 5.11 Å². The first-order valence-electron chi connectivity index (χ1n) is 12.9. The van der Waals surface area contributed by atoms with E-state index in [9.17, 15) is 9.59 Å². The van der Waals surface area contributed by atoms with Crippen LogP contribution in [-0.4, -0.2) is 43.2 Å². The van der Waals surface area contributed by atoms with E-state index in [4.69, 9.17) is 21.7 Å². The van der Waals surface area contributed by atoms with Crippen LogP contribution in [0.4, 0.5) is 5.69 Å². The Morgan fingerprint density at radius 3 is 2.21 bits per heavy atom. The fourth-order valence-electron chi connectivity index (χ4n) is 4.43. The summed E-state index contributed by atoms with van der Waals surface area (Å²) in [6.45, 7) is 0.605. The van der Waals surface area contributed by atoms with E-state index in [-0.39, 0.29) is 23.7 Å². The average Bonchev–Trinajstić information content (AvgIpc) is 2.96. The first-order chi connectivity index (χ1) is 18.5. The molecule has 0 bridgehead atoms. The molecule has 1 fully saturated rings. The molecule has 2 amide bonds. The number of nitrogens with one attached hydrogen (secondary N) is 2. The molecule has 0 spiro atoms. The van der Waals surface area contributed by atoms with Crippen LogP contribution in [0.25, 0.3) is 0 Å². The van der Waals surface area contributed by atoms with Crippen molar-refractivity contribution in [3.63, 3.8) is 0 Å². The van der Waals surface area contributed by atoms with Crippen LogP contribution in [-0.2, 0) is 0 Å². The molecule has 0 unspecified atom stereocenters. The lowest BCUT2D eigenvalue weighted by atomic mass is 9.95. The Labute approximate surface area is 229 Å². The molecule has 38 heavy (non-hydrogen) atoms. The van der Waals surface area contributed by atoms with E-state index in [2.05, 4.69) is 10.6 Å². The minimum Gasteiger partial charge on any atom is -0.490 e. The van der Waals surface area contributed by atoms with Crippen molar-refractivity contribution in [3.05, 3.63) is 90.0 Å². The van der Waals surface area contributed by atoms with E-state index in [1.807, 2.05) is 48.5 Å². The maximum atomic E-state index is 13.1. The Morgan fingerprint density at radius 2 is 1.45 bits per heavy atom. The Kier molecular flexibility index (Phi) is 9.70. The minimum atomic E-state index is -0.398. The van der Waals surface area contributed by atoms with Crippen LogP contribution in [0.15, 0.2) is 78.9 Å². The molecule has 0 radical (unpaired) electrons. The number of para-hydroxylation sites is 3. The molecule has 0 atom stereocenters. The SMILES string of the molecule is CN(C(=S)NC(=O)c1ccccc1OCCOc1ccccc1)c1ccccc1C(=O)NC1CCCCC1. The highest BCUT2D eigenvalue weighted by molar-refractivity contribution is 7.80. The molecule has 3 aromatic carbocycles. The van der Waals surface area contributed by atoms with Crippen LogP contribution in [0.5, 0.6) is 11.5 Å². The van der Waals surface area contributed by atoms with E-state index < -0.39 is 5.91 Å². The lowest BCUT2D eigenvalue weighted by Gasteiger charge is -2.26. The molecule has 0 heterocycles. The average molecular weight is 532 g/mol. The van der Waals surface area contributed by atoms with E-state index in [1.54, 1.807) is 42.3 Å². The van der Waals surface area contributed by atoms with Crippen molar-refractivity contribution in [1.29, 1.82) is 0 Å². The van der Waals surface area contributed by atoms with Gasteiger partial charge in [-0.1, -0.05) is 61.7 Å². The molecule has 7 nitrogen and oxygen atoms in total. The van der Waals surface area contributed by atoms with Gasteiger partial charge in [-0.15, -0.1) is 0 Å². The Balaban J connectivity index is 1.37. The zero-order valence-corrected chi connectivity index (χ0v) is 22.3. The second kappa shape index (κ2) is 13.6. The van der Waals surface area contributed by atoms with Crippen LogP contribution < -0.4 is 25.0 Å². The standard InChI is InChI=1S/C30H33N3O4S/c1-33(26-18-10-8-16-24(26)28(34)31-22-12-4-2-5-13-22)30(38)32-29(35)25-17-9-11-19-27(25)37-21-20-36-23-14-6-3-7-15-23/h3,6-11,14-19,22H,2,4-5,12-13,20-21H2,1H3,(H,31,34)(H,32,35,38). The number of thiocarbonyl (C=S) groups is 1. The van der Waals surface area contributed by atoms with Crippen molar-refractivity contribution >= 4 is 34.8 Å². The van der Waals surface area contributed by atoms with Gasteiger partial charge >= 0.3 is 0 Å². The Hall–Kier alpha value is -3.91. The van der Waals surface area contributed by atoms with Gasteiger partial charge in [-0.05, 0) is 61.5 Å². The summed E-state index contributed by atoms with van der Waals surface area (Å²) >= 11 is 5.55. The smallest absolute Gasteiger partial charge is 0.261 e. The fourth-order valence-corrected chi connectivity index (χ4v) is 4.62. The van der Waals surface area contributed by atoms with Crippen molar-refractivity contribution < 1.29 is 19.1 Å². The van der Waals surface area contributed by atoms with Gasteiger partial charge in [-0.3, -0.25) is 14.9 Å². The maximum Gasteiger partial charge on any atom is 0.261 e. The summed E-state index contributed by atoms with van der Waals surface area (Å²) in [4.78, 5) is 27.8. The highest BCUT2D eigenvalue weighted by Crippen LogP contribution is 2.23. The summed E-state index contributed by atoms with van der Waals surface area (Å²) in [6.07, 6.45) is 5.48. The van der Waals surface area contributed by atoms with Crippen LogP contribution >= 0.6 is 12.2 Å². The predicted molar refractivity (Wildman–Crippen MR) is 153 cm³/mol. The van der Waals surface area contributed by atoms with E-state index in [1.165, 1.54) is 6.42 Å². The third-order valence-corrected chi connectivity index (χ3v) is 6.84. The molecule has 1 saturated carbocycles. The largest absolute Gasteiger partial charge is 0.490 e. The van der Waals surface area contributed by atoms with Gasteiger partial charge in [0.1, 0.15) is 24.7 Å². The van der Waals surface area contributed by atoms with Gasteiger partial charge in [-0.2, -0.15) is 0 Å². The number of hydrogen-bond donors (Lipinski definition) is 2. The highest BCUT2D eigenvalue weighted by atomic mass is 32.1. The first kappa shape index (κ1) is 27.1. The quantitative estimate of drug-likeness (QED) is 0.286. The van der Waals surface area contributed by atoms with Gasteiger partial charge in [0.25, 0.3) is 11.8 Å². The zero-order chi connectivity index (χ0) is 26.7. The van der Waals surface area contributed by atoms with Crippen molar-refractivity contribution in [2.45, 2.75) is 38.1 Å². The third-order valence-electron chi connectivity index (χ3n) is 6.46. The van der Waals surface area contributed by atoms with Crippen LogP contribution in [0, 0.1) is 0 Å². The van der Waals surface area contributed by atoms with Crippen LogP contribution in [0.1, 0.15) is 52.8 Å². The highest BCUT2D eigenvalue weighted by Gasteiger charge is 2.22. The van der Waals surface area contributed by atoms with Crippen molar-refractivity contribution in [3.8, 4) is 11.5 Å². The topological polar surface area (TPSA) is 79.9 Å². The van der Waals surface area contributed by atoms with E-state index in [0.717, 1.165) is 31.4 Å². The molecule has 4 rings (SSSR count). The summed E-state index contributed by atoms with van der Waals surface area (Å²) in [5.41, 5.74) is 1.49. The molecule has 8 heteroatoms. The molecule has 198 valence electrons. The van der Waals surface area contributed by atoms with Crippen molar-refractivity contribution in [2.75, 3.05) is 25.2 Å². The summed E-state index contributed by atoms with van der Waals surface area (Å²) in [7, 11) is 1.73. The van der Waals surface area contributed by atoms with E-state index >= 15 is 0 Å². The number of nitrogens with zero attached hydrogens (tertiary/aromatic N) is 1. The molecular formula is C30H33N3O4S. The molecule has 1 aliphatic carbocycles. The molecule has 3 aromatic rings. The first-order valence-corrected chi connectivity index (χ1v) is 13.3. The zero-order valence-electron chi connectivity index (χ0n) is 21.5. The molecular weight excluding hydrogens is 498 g/mol. The molecule has 0 aliphatic heterocycles. The number of ether oxygens (including phenoxy) is 2. The Bertz CT molecular complexity index is 1250. The molecule has 0 aromatic heterocycles. The number of carbonyl (C=O) groups is 2. The second-order valence-electron chi connectivity index (χ2n) is 9.15. The van der Waals surface area contributed by atoms with Gasteiger partial charge in [-0.25, -0.2) is 0 Å². The number of benzene rings is 3. The lowest BCUT2D eigenvalue weighted by Crippen LogP contribution is -2.42. The fraction of sp³-hybridized carbons (Fsp3) is 0.300.